The van der Waals surface area contributed by atoms with E-state index < -0.39 is 0 Å². The van der Waals surface area contributed by atoms with Gasteiger partial charge < -0.3 is 15.1 Å². The Labute approximate surface area is 143 Å². The summed E-state index contributed by atoms with van der Waals surface area (Å²) in [6, 6.07) is 12.3. The number of hydrogen-bond acceptors (Lipinski definition) is 4. The normalized spacial score (nSPS) is 18.0. The molecule has 1 aromatic carbocycles. The van der Waals surface area contributed by atoms with Gasteiger partial charge in [-0.2, -0.15) is 0 Å². The van der Waals surface area contributed by atoms with E-state index in [-0.39, 0.29) is 5.91 Å². The molecule has 2 N–H and O–H groups in total. The lowest BCUT2D eigenvalue weighted by Gasteiger charge is -2.21. The highest BCUT2D eigenvalue weighted by Gasteiger charge is 2.25. The van der Waals surface area contributed by atoms with Gasteiger partial charge in [-0.25, -0.2) is 0 Å². The Morgan fingerprint density at radius 2 is 2.17 bits per heavy atom. The van der Waals surface area contributed by atoms with Gasteiger partial charge in [0.2, 0.25) is 0 Å². The molecule has 0 bridgehead atoms. The number of hydrogen-bond donors (Lipinski definition) is 1. The maximum absolute atomic E-state index is 12.4. The molecule has 0 aliphatic carbocycles. The fourth-order valence-corrected chi connectivity index (χ4v) is 3.34. The lowest BCUT2D eigenvalue weighted by atomic mass is 10.1. The zero-order valence-corrected chi connectivity index (χ0v) is 14.1. The third-order valence-electron chi connectivity index (χ3n) is 4.60. The molecule has 1 saturated heterocycles. The van der Waals surface area contributed by atoms with Crippen LogP contribution in [0.3, 0.4) is 0 Å². The largest absolute Gasteiger partial charge is 0.467 e. The summed E-state index contributed by atoms with van der Waals surface area (Å²) in [5.74, 6) is 1.16. The fraction of sp³-hybridized carbons (Fsp3) is 0.421. The molecule has 1 aliphatic rings. The Morgan fingerprint density at radius 3 is 2.88 bits per heavy atom. The standard InChI is InChI=1S/C19H25N3O2/c1-21(19(23)17-9-18(10-20)24-14-17)11-16-7-8-22(13-16)12-15-5-3-2-4-6-15/h2-6,9,14,16H,7-8,10-13,20H2,1H3. The van der Waals surface area contributed by atoms with E-state index in [1.165, 1.54) is 11.8 Å². The van der Waals surface area contributed by atoms with Crippen LogP contribution in [-0.2, 0) is 13.1 Å². The van der Waals surface area contributed by atoms with Gasteiger partial charge in [0.15, 0.2) is 0 Å². The second kappa shape index (κ2) is 7.64. The van der Waals surface area contributed by atoms with E-state index in [1.807, 2.05) is 13.1 Å². The average molecular weight is 327 g/mol. The van der Waals surface area contributed by atoms with Gasteiger partial charge in [0.1, 0.15) is 12.0 Å². The van der Waals surface area contributed by atoms with Crippen LogP contribution in [0.25, 0.3) is 0 Å². The van der Waals surface area contributed by atoms with Crippen LogP contribution in [0.1, 0.15) is 28.1 Å². The molecular formula is C19H25N3O2. The molecule has 1 amide bonds. The van der Waals surface area contributed by atoms with Crippen molar-refractivity contribution in [2.24, 2.45) is 11.7 Å². The van der Waals surface area contributed by atoms with Crippen molar-refractivity contribution < 1.29 is 9.21 Å². The van der Waals surface area contributed by atoms with Crippen molar-refractivity contribution >= 4 is 5.91 Å². The minimum atomic E-state index is -0.0000376. The Morgan fingerprint density at radius 1 is 1.38 bits per heavy atom. The first-order valence-corrected chi connectivity index (χ1v) is 8.45. The molecule has 5 heteroatoms. The number of likely N-dealkylation sites (tertiary alicyclic amines) is 1. The highest BCUT2D eigenvalue weighted by Crippen LogP contribution is 2.20. The maximum atomic E-state index is 12.4. The van der Waals surface area contributed by atoms with Crippen molar-refractivity contribution in [3.8, 4) is 0 Å². The summed E-state index contributed by atoms with van der Waals surface area (Å²) < 4.78 is 5.26. The monoisotopic (exact) mass is 327 g/mol. The van der Waals surface area contributed by atoms with Gasteiger partial charge in [0.05, 0.1) is 12.1 Å². The summed E-state index contributed by atoms with van der Waals surface area (Å²) in [4.78, 5) is 16.7. The molecule has 0 saturated carbocycles. The maximum Gasteiger partial charge on any atom is 0.256 e. The highest BCUT2D eigenvalue weighted by molar-refractivity contribution is 5.93. The van der Waals surface area contributed by atoms with E-state index in [4.69, 9.17) is 10.2 Å². The molecule has 1 aromatic heterocycles. The lowest BCUT2D eigenvalue weighted by Crippen LogP contribution is -2.33. The van der Waals surface area contributed by atoms with Crippen molar-refractivity contribution in [2.75, 3.05) is 26.7 Å². The van der Waals surface area contributed by atoms with Crippen LogP contribution in [0.4, 0.5) is 0 Å². The van der Waals surface area contributed by atoms with Crippen LogP contribution in [0, 0.1) is 5.92 Å². The number of rotatable bonds is 6. The molecule has 5 nitrogen and oxygen atoms in total. The minimum absolute atomic E-state index is 0.0000376. The van der Waals surface area contributed by atoms with E-state index in [9.17, 15) is 4.79 Å². The van der Waals surface area contributed by atoms with Gasteiger partial charge in [-0.15, -0.1) is 0 Å². The summed E-state index contributed by atoms with van der Waals surface area (Å²) in [7, 11) is 1.86. The molecule has 24 heavy (non-hydrogen) atoms. The topological polar surface area (TPSA) is 62.7 Å². The van der Waals surface area contributed by atoms with Gasteiger partial charge in [-0.1, -0.05) is 30.3 Å². The molecule has 1 atom stereocenters. The number of nitrogens with two attached hydrogens (primary N) is 1. The molecule has 1 unspecified atom stereocenters. The van der Waals surface area contributed by atoms with Crippen molar-refractivity contribution in [3.63, 3.8) is 0 Å². The molecule has 2 aromatic rings. The van der Waals surface area contributed by atoms with E-state index in [2.05, 4.69) is 29.2 Å². The van der Waals surface area contributed by atoms with Crippen molar-refractivity contribution in [1.29, 1.82) is 0 Å². The second-order valence-electron chi connectivity index (χ2n) is 6.57. The molecule has 1 fully saturated rings. The van der Waals surface area contributed by atoms with Crippen molar-refractivity contribution in [2.45, 2.75) is 19.5 Å². The summed E-state index contributed by atoms with van der Waals surface area (Å²) in [5.41, 5.74) is 7.45. The second-order valence-corrected chi connectivity index (χ2v) is 6.57. The Kier molecular flexibility index (Phi) is 5.33. The first kappa shape index (κ1) is 16.7. The van der Waals surface area contributed by atoms with Crippen LogP contribution < -0.4 is 5.73 Å². The third-order valence-corrected chi connectivity index (χ3v) is 4.60. The predicted octanol–water partition coefficient (Wildman–Crippen LogP) is 2.33. The highest BCUT2D eigenvalue weighted by atomic mass is 16.3. The average Bonchev–Trinajstić information content (AvgIpc) is 3.24. The molecule has 1 aliphatic heterocycles. The zero-order chi connectivity index (χ0) is 16.9. The molecule has 0 spiro atoms. The van der Waals surface area contributed by atoms with Gasteiger partial charge in [-0.3, -0.25) is 9.69 Å². The Bertz CT molecular complexity index is 668. The van der Waals surface area contributed by atoms with Crippen molar-refractivity contribution in [1.82, 2.24) is 9.80 Å². The first-order chi connectivity index (χ1) is 11.7. The molecule has 2 heterocycles. The van der Waals surface area contributed by atoms with Crippen LogP contribution in [0.2, 0.25) is 0 Å². The summed E-state index contributed by atoms with van der Waals surface area (Å²) in [6.45, 7) is 4.19. The van der Waals surface area contributed by atoms with Gasteiger partial charge >= 0.3 is 0 Å². The fourth-order valence-electron chi connectivity index (χ4n) is 3.34. The minimum Gasteiger partial charge on any atom is -0.467 e. The predicted molar refractivity (Wildman–Crippen MR) is 93.4 cm³/mol. The number of nitrogens with zero attached hydrogens (tertiary/aromatic N) is 2. The number of furan rings is 1. The summed E-state index contributed by atoms with van der Waals surface area (Å²) >= 11 is 0. The molecule has 0 radical (unpaired) electrons. The van der Waals surface area contributed by atoms with Crippen LogP contribution in [0.15, 0.2) is 47.1 Å². The summed E-state index contributed by atoms with van der Waals surface area (Å²) in [6.07, 6.45) is 2.63. The van der Waals surface area contributed by atoms with Crippen LogP contribution in [0.5, 0.6) is 0 Å². The number of benzene rings is 1. The Hall–Kier alpha value is -2.11. The quantitative estimate of drug-likeness (QED) is 0.884. The molecular weight excluding hydrogens is 302 g/mol. The van der Waals surface area contributed by atoms with E-state index in [1.54, 1.807) is 11.0 Å². The van der Waals surface area contributed by atoms with Crippen LogP contribution >= 0.6 is 0 Å². The van der Waals surface area contributed by atoms with Gasteiger partial charge in [-0.05, 0) is 30.5 Å². The van der Waals surface area contributed by atoms with E-state index in [0.717, 1.165) is 32.6 Å². The molecule has 128 valence electrons. The van der Waals surface area contributed by atoms with Crippen molar-refractivity contribution in [3.05, 3.63) is 59.5 Å². The number of carbonyl (C=O) groups excluding carboxylic acids is 1. The SMILES string of the molecule is CN(CC1CCN(Cc2ccccc2)C1)C(=O)c1coc(CN)c1. The van der Waals surface area contributed by atoms with E-state index in [0.29, 0.717) is 23.8 Å². The smallest absolute Gasteiger partial charge is 0.256 e. The Balaban J connectivity index is 1.50. The number of carbonyl (C=O) groups is 1. The first-order valence-electron chi connectivity index (χ1n) is 8.45. The van der Waals surface area contributed by atoms with E-state index >= 15 is 0 Å². The van der Waals surface area contributed by atoms with Gasteiger partial charge in [0, 0.05) is 26.7 Å². The van der Waals surface area contributed by atoms with Gasteiger partial charge in [0.25, 0.3) is 5.91 Å². The lowest BCUT2D eigenvalue weighted by molar-refractivity contribution is 0.0772. The third kappa shape index (κ3) is 4.04. The zero-order valence-electron chi connectivity index (χ0n) is 14.1. The van der Waals surface area contributed by atoms with Crippen LogP contribution in [-0.4, -0.2) is 42.4 Å². The summed E-state index contributed by atoms with van der Waals surface area (Å²) in [5, 5.41) is 0. The number of amides is 1. The molecule has 3 rings (SSSR count).